The molecule has 1 aromatic rings. The summed E-state index contributed by atoms with van der Waals surface area (Å²) in [6.45, 7) is 4.27. The summed E-state index contributed by atoms with van der Waals surface area (Å²) in [5.74, 6) is 2.15. The summed E-state index contributed by atoms with van der Waals surface area (Å²) < 4.78 is 5.94. The van der Waals surface area contributed by atoms with Gasteiger partial charge in [0.2, 0.25) is 0 Å². The summed E-state index contributed by atoms with van der Waals surface area (Å²) in [6.07, 6.45) is 7.08. The Hall–Kier alpha value is -1.02. The summed E-state index contributed by atoms with van der Waals surface area (Å²) in [7, 11) is 0. The Morgan fingerprint density at radius 2 is 2.22 bits per heavy atom. The van der Waals surface area contributed by atoms with E-state index in [1.807, 2.05) is 0 Å². The third-order valence-corrected chi connectivity index (χ3v) is 3.99. The Balaban J connectivity index is 1.37. The molecule has 0 bridgehead atoms. The molecule has 0 spiro atoms. The molecule has 0 amide bonds. The van der Waals surface area contributed by atoms with Gasteiger partial charge in [0.15, 0.2) is 0 Å². The van der Waals surface area contributed by atoms with Gasteiger partial charge in [-0.15, -0.1) is 0 Å². The summed E-state index contributed by atoms with van der Waals surface area (Å²) in [5, 5.41) is 3.53. The van der Waals surface area contributed by atoms with Crippen molar-refractivity contribution in [3.63, 3.8) is 0 Å². The molecule has 0 saturated heterocycles. The number of benzene rings is 1. The lowest BCUT2D eigenvalue weighted by molar-refractivity contribution is 0.227. The quantitative estimate of drug-likeness (QED) is 0.778. The second-order valence-electron chi connectivity index (χ2n) is 5.84. The molecule has 1 aromatic carbocycles. The first kappa shape index (κ1) is 12.0. The van der Waals surface area contributed by atoms with E-state index in [-0.39, 0.29) is 0 Å². The summed E-state index contributed by atoms with van der Waals surface area (Å²) in [5.41, 5.74) is 2.70. The number of hydrogen-bond acceptors (Lipinski definition) is 2. The number of aryl methyl sites for hydroxylation is 1. The molecule has 0 aromatic heterocycles. The summed E-state index contributed by atoms with van der Waals surface area (Å²) >= 11 is 0. The zero-order valence-corrected chi connectivity index (χ0v) is 11.2. The van der Waals surface area contributed by atoms with Crippen LogP contribution in [0.1, 0.15) is 36.8 Å². The Morgan fingerprint density at radius 3 is 3.06 bits per heavy atom. The molecule has 1 fully saturated rings. The van der Waals surface area contributed by atoms with Crippen molar-refractivity contribution < 1.29 is 4.74 Å². The van der Waals surface area contributed by atoms with E-state index in [0.29, 0.717) is 6.10 Å². The minimum atomic E-state index is 0.336. The van der Waals surface area contributed by atoms with Crippen molar-refractivity contribution in [2.24, 2.45) is 5.92 Å². The highest BCUT2D eigenvalue weighted by molar-refractivity contribution is 5.40. The first-order chi connectivity index (χ1) is 8.81. The predicted molar refractivity (Wildman–Crippen MR) is 74.1 cm³/mol. The number of rotatable bonds is 6. The number of nitrogens with one attached hydrogen (secondary N) is 1. The number of ether oxygens (including phenoxy) is 1. The van der Waals surface area contributed by atoms with Crippen molar-refractivity contribution in [2.75, 3.05) is 13.1 Å². The van der Waals surface area contributed by atoms with Gasteiger partial charge in [0.05, 0.1) is 0 Å². The zero-order chi connectivity index (χ0) is 12.4. The first-order valence-electron chi connectivity index (χ1n) is 7.28. The third kappa shape index (κ3) is 3.05. The fourth-order valence-corrected chi connectivity index (χ4v) is 2.75. The molecule has 98 valence electrons. The van der Waals surface area contributed by atoms with Crippen LogP contribution >= 0.6 is 0 Å². The molecule has 18 heavy (non-hydrogen) atoms. The van der Waals surface area contributed by atoms with Crippen LogP contribution in [-0.2, 0) is 6.42 Å². The minimum absolute atomic E-state index is 0.336. The van der Waals surface area contributed by atoms with Crippen LogP contribution in [0, 0.1) is 12.8 Å². The average molecular weight is 245 g/mol. The van der Waals surface area contributed by atoms with E-state index >= 15 is 0 Å². The van der Waals surface area contributed by atoms with Crippen LogP contribution in [0.25, 0.3) is 0 Å². The maximum absolute atomic E-state index is 5.94. The van der Waals surface area contributed by atoms with Gasteiger partial charge in [-0.1, -0.05) is 30.5 Å². The van der Waals surface area contributed by atoms with Crippen molar-refractivity contribution in [1.29, 1.82) is 0 Å². The zero-order valence-electron chi connectivity index (χ0n) is 11.2. The maximum atomic E-state index is 5.94. The van der Waals surface area contributed by atoms with Gasteiger partial charge in [-0.2, -0.15) is 0 Å². The van der Waals surface area contributed by atoms with E-state index in [1.54, 1.807) is 0 Å². The van der Waals surface area contributed by atoms with Crippen LogP contribution < -0.4 is 10.1 Å². The van der Waals surface area contributed by atoms with Gasteiger partial charge in [-0.3, -0.25) is 0 Å². The van der Waals surface area contributed by atoms with Crippen LogP contribution in [0.4, 0.5) is 0 Å². The summed E-state index contributed by atoms with van der Waals surface area (Å²) in [6, 6.07) is 6.49. The second kappa shape index (κ2) is 5.31. The van der Waals surface area contributed by atoms with Crippen molar-refractivity contribution in [1.82, 2.24) is 5.32 Å². The lowest BCUT2D eigenvalue weighted by Crippen LogP contribution is -2.30. The van der Waals surface area contributed by atoms with Crippen molar-refractivity contribution in [3.8, 4) is 5.75 Å². The van der Waals surface area contributed by atoms with E-state index in [0.717, 1.165) is 31.2 Å². The Bertz CT molecular complexity index is 412. The van der Waals surface area contributed by atoms with E-state index in [9.17, 15) is 0 Å². The molecular weight excluding hydrogens is 222 g/mol. The van der Waals surface area contributed by atoms with E-state index in [1.165, 1.54) is 36.8 Å². The highest BCUT2D eigenvalue weighted by Crippen LogP contribution is 2.33. The van der Waals surface area contributed by atoms with Crippen molar-refractivity contribution in [3.05, 3.63) is 29.3 Å². The topological polar surface area (TPSA) is 21.3 Å². The first-order valence-corrected chi connectivity index (χ1v) is 7.28. The van der Waals surface area contributed by atoms with Gasteiger partial charge in [-0.25, -0.2) is 0 Å². The molecular formula is C16H23NO. The SMILES string of the molecule is Cc1ccc2c(c1)CC(CNCCCC1CC1)O2. The molecule has 0 radical (unpaired) electrons. The molecule has 3 rings (SSSR count). The number of fused-ring (bicyclic) bond motifs is 1. The molecule has 1 aliphatic carbocycles. The Labute approximate surface area is 110 Å². The molecule has 2 aliphatic rings. The van der Waals surface area contributed by atoms with Crippen LogP contribution in [0.5, 0.6) is 5.75 Å². The molecule has 2 heteroatoms. The second-order valence-corrected chi connectivity index (χ2v) is 5.84. The molecule has 1 atom stereocenters. The number of hydrogen-bond donors (Lipinski definition) is 1. The monoisotopic (exact) mass is 245 g/mol. The Kier molecular flexibility index (Phi) is 3.55. The van der Waals surface area contributed by atoms with Gasteiger partial charge < -0.3 is 10.1 Å². The van der Waals surface area contributed by atoms with Gasteiger partial charge in [0.1, 0.15) is 11.9 Å². The van der Waals surface area contributed by atoms with E-state index in [2.05, 4.69) is 30.4 Å². The Morgan fingerprint density at radius 1 is 1.33 bits per heavy atom. The molecule has 1 unspecified atom stereocenters. The lowest BCUT2D eigenvalue weighted by Gasteiger charge is -2.11. The standard InChI is InChI=1S/C16H23NO/c1-12-4-7-16-14(9-12)10-15(18-16)11-17-8-2-3-13-5-6-13/h4,7,9,13,15,17H,2-3,5-6,8,10-11H2,1H3. The minimum Gasteiger partial charge on any atom is -0.488 e. The highest BCUT2D eigenvalue weighted by atomic mass is 16.5. The smallest absolute Gasteiger partial charge is 0.123 e. The molecule has 1 N–H and O–H groups in total. The van der Waals surface area contributed by atoms with Crippen molar-refractivity contribution in [2.45, 2.75) is 45.1 Å². The van der Waals surface area contributed by atoms with Crippen LogP contribution in [0.2, 0.25) is 0 Å². The van der Waals surface area contributed by atoms with Gasteiger partial charge >= 0.3 is 0 Å². The highest BCUT2D eigenvalue weighted by Gasteiger charge is 2.22. The van der Waals surface area contributed by atoms with E-state index < -0.39 is 0 Å². The fraction of sp³-hybridized carbons (Fsp3) is 0.625. The van der Waals surface area contributed by atoms with Gasteiger partial charge in [0.25, 0.3) is 0 Å². The van der Waals surface area contributed by atoms with Crippen LogP contribution in [0.15, 0.2) is 18.2 Å². The maximum Gasteiger partial charge on any atom is 0.123 e. The average Bonchev–Trinajstić information content (AvgIpc) is 3.08. The molecule has 1 heterocycles. The van der Waals surface area contributed by atoms with E-state index in [4.69, 9.17) is 4.74 Å². The fourth-order valence-electron chi connectivity index (χ4n) is 2.75. The third-order valence-electron chi connectivity index (χ3n) is 3.99. The molecule has 1 saturated carbocycles. The largest absolute Gasteiger partial charge is 0.488 e. The lowest BCUT2D eigenvalue weighted by atomic mass is 10.1. The van der Waals surface area contributed by atoms with Crippen molar-refractivity contribution >= 4 is 0 Å². The normalized spacial score (nSPS) is 21.7. The van der Waals surface area contributed by atoms with Gasteiger partial charge in [0, 0.05) is 13.0 Å². The molecule has 1 aliphatic heterocycles. The van der Waals surface area contributed by atoms with Gasteiger partial charge in [-0.05, 0) is 43.9 Å². The van der Waals surface area contributed by atoms with Crippen LogP contribution in [-0.4, -0.2) is 19.2 Å². The predicted octanol–water partition coefficient (Wildman–Crippen LogP) is 3.08. The molecule has 2 nitrogen and oxygen atoms in total. The van der Waals surface area contributed by atoms with Crippen LogP contribution in [0.3, 0.4) is 0 Å². The summed E-state index contributed by atoms with van der Waals surface area (Å²) in [4.78, 5) is 0.